The molecule has 0 spiro atoms. The summed E-state index contributed by atoms with van der Waals surface area (Å²) < 4.78 is 2.01. The summed E-state index contributed by atoms with van der Waals surface area (Å²) in [6, 6.07) is 4.97. The van der Waals surface area contributed by atoms with Crippen molar-refractivity contribution < 1.29 is 0 Å². The van der Waals surface area contributed by atoms with Gasteiger partial charge >= 0.3 is 0 Å². The van der Waals surface area contributed by atoms with E-state index in [0.717, 1.165) is 13.0 Å². The van der Waals surface area contributed by atoms with Crippen LogP contribution in [-0.4, -0.2) is 32.3 Å². The largest absolute Gasteiger partial charge is 0.296 e. The van der Waals surface area contributed by atoms with Gasteiger partial charge in [0.05, 0.1) is 5.69 Å². The van der Waals surface area contributed by atoms with Gasteiger partial charge in [-0.25, -0.2) is 0 Å². The third-order valence-corrected chi connectivity index (χ3v) is 5.03. The van der Waals surface area contributed by atoms with Crippen LogP contribution in [0.3, 0.4) is 0 Å². The molecule has 0 radical (unpaired) electrons. The zero-order valence-electron chi connectivity index (χ0n) is 13.9. The van der Waals surface area contributed by atoms with Gasteiger partial charge < -0.3 is 0 Å². The van der Waals surface area contributed by atoms with Gasteiger partial charge in [-0.1, -0.05) is 0 Å². The highest BCUT2D eigenvalue weighted by molar-refractivity contribution is 5.24. The van der Waals surface area contributed by atoms with Crippen LogP contribution < -0.4 is 0 Å². The lowest BCUT2D eigenvalue weighted by Gasteiger charge is -2.24. The van der Waals surface area contributed by atoms with Gasteiger partial charge in [-0.15, -0.1) is 0 Å². The molecule has 0 aliphatic carbocycles. The standard InChI is InChI=1S/C18H26N4/c1-14-18(15(2)21(3)20-14)13-22-12-4-5-17(22)7-6-16-8-10-19-11-9-16/h8-11,17H,4-7,12-13H2,1-3H3/t17-/m0/s1. The second kappa shape index (κ2) is 6.61. The Morgan fingerprint density at radius 3 is 2.68 bits per heavy atom. The first-order valence-corrected chi connectivity index (χ1v) is 8.27. The SMILES string of the molecule is Cc1nn(C)c(C)c1CN1CCC[C@H]1CCc1ccncc1. The molecule has 0 bridgehead atoms. The molecule has 0 amide bonds. The van der Waals surface area contributed by atoms with E-state index >= 15 is 0 Å². The van der Waals surface area contributed by atoms with Crippen molar-refractivity contribution in [1.29, 1.82) is 0 Å². The molecule has 1 saturated heterocycles. The van der Waals surface area contributed by atoms with E-state index < -0.39 is 0 Å². The van der Waals surface area contributed by atoms with Gasteiger partial charge in [0.25, 0.3) is 0 Å². The lowest BCUT2D eigenvalue weighted by Crippen LogP contribution is -2.29. The molecule has 1 aliphatic rings. The lowest BCUT2D eigenvalue weighted by atomic mass is 10.0. The molecule has 4 nitrogen and oxygen atoms in total. The van der Waals surface area contributed by atoms with Crippen LogP contribution in [0.5, 0.6) is 0 Å². The summed E-state index contributed by atoms with van der Waals surface area (Å²) in [7, 11) is 2.04. The smallest absolute Gasteiger partial charge is 0.0641 e. The van der Waals surface area contributed by atoms with Gasteiger partial charge in [-0.2, -0.15) is 5.10 Å². The van der Waals surface area contributed by atoms with Crippen molar-refractivity contribution in [2.45, 2.75) is 52.1 Å². The van der Waals surface area contributed by atoms with E-state index in [1.807, 2.05) is 24.1 Å². The highest BCUT2D eigenvalue weighted by Crippen LogP contribution is 2.25. The molecule has 0 aromatic carbocycles. The Labute approximate surface area is 133 Å². The van der Waals surface area contributed by atoms with Crippen molar-refractivity contribution in [3.8, 4) is 0 Å². The summed E-state index contributed by atoms with van der Waals surface area (Å²) in [6.45, 7) is 6.57. The monoisotopic (exact) mass is 298 g/mol. The molecule has 0 saturated carbocycles. The number of aryl methyl sites for hydroxylation is 3. The number of hydrogen-bond donors (Lipinski definition) is 0. The van der Waals surface area contributed by atoms with Crippen LogP contribution in [-0.2, 0) is 20.0 Å². The van der Waals surface area contributed by atoms with Crippen LogP contribution in [0.25, 0.3) is 0 Å². The number of rotatable bonds is 5. The van der Waals surface area contributed by atoms with Crippen LogP contribution in [0.2, 0.25) is 0 Å². The Kier molecular flexibility index (Phi) is 4.57. The second-order valence-corrected chi connectivity index (χ2v) is 6.43. The Hall–Kier alpha value is -1.68. The first-order valence-electron chi connectivity index (χ1n) is 8.27. The molecule has 1 aliphatic heterocycles. The first-order chi connectivity index (χ1) is 10.6. The number of likely N-dealkylation sites (tertiary alicyclic amines) is 1. The summed E-state index contributed by atoms with van der Waals surface area (Å²) >= 11 is 0. The minimum absolute atomic E-state index is 0.701. The fourth-order valence-corrected chi connectivity index (χ4v) is 3.56. The summed E-state index contributed by atoms with van der Waals surface area (Å²) in [4.78, 5) is 6.75. The minimum Gasteiger partial charge on any atom is -0.296 e. The third-order valence-electron chi connectivity index (χ3n) is 5.03. The van der Waals surface area contributed by atoms with Gasteiger partial charge in [0.1, 0.15) is 0 Å². The molecule has 2 aromatic rings. The normalized spacial score (nSPS) is 19.0. The molecular formula is C18H26N4. The van der Waals surface area contributed by atoms with Crippen molar-refractivity contribution in [2.24, 2.45) is 7.05 Å². The maximum absolute atomic E-state index is 4.55. The molecule has 4 heteroatoms. The van der Waals surface area contributed by atoms with Crippen molar-refractivity contribution >= 4 is 0 Å². The summed E-state index contributed by atoms with van der Waals surface area (Å²) in [5.41, 5.74) is 5.30. The van der Waals surface area contributed by atoms with E-state index in [2.05, 4.69) is 41.0 Å². The first kappa shape index (κ1) is 15.2. The average molecular weight is 298 g/mol. The van der Waals surface area contributed by atoms with E-state index in [-0.39, 0.29) is 0 Å². The van der Waals surface area contributed by atoms with Crippen LogP contribution in [0.15, 0.2) is 24.5 Å². The molecule has 3 heterocycles. The maximum atomic E-state index is 4.55. The number of pyridine rings is 1. The topological polar surface area (TPSA) is 34.0 Å². The van der Waals surface area contributed by atoms with Crippen molar-refractivity contribution in [3.63, 3.8) is 0 Å². The van der Waals surface area contributed by atoms with Crippen molar-refractivity contribution in [1.82, 2.24) is 19.7 Å². The Morgan fingerprint density at radius 1 is 1.23 bits per heavy atom. The van der Waals surface area contributed by atoms with Crippen LogP contribution in [0, 0.1) is 13.8 Å². The minimum atomic E-state index is 0.701. The maximum Gasteiger partial charge on any atom is 0.0641 e. The predicted molar refractivity (Wildman–Crippen MR) is 88.7 cm³/mol. The Bertz CT molecular complexity index is 618. The Morgan fingerprint density at radius 2 is 2.00 bits per heavy atom. The quantitative estimate of drug-likeness (QED) is 0.851. The predicted octanol–water partition coefficient (Wildman–Crippen LogP) is 3.03. The van der Waals surface area contributed by atoms with E-state index in [1.165, 1.54) is 48.3 Å². The lowest BCUT2D eigenvalue weighted by molar-refractivity contribution is 0.234. The van der Waals surface area contributed by atoms with Crippen LogP contribution >= 0.6 is 0 Å². The fourth-order valence-electron chi connectivity index (χ4n) is 3.56. The average Bonchev–Trinajstić information content (AvgIpc) is 3.06. The molecule has 1 atom stereocenters. The molecule has 118 valence electrons. The zero-order valence-corrected chi connectivity index (χ0v) is 13.9. The van der Waals surface area contributed by atoms with Crippen molar-refractivity contribution in [3.05, 3.63) is 47.0 Å². The highest BCUT2D eigenvalue weighted by atomic mass is 15.3. The van der Waals surface area contributed by atoms with Crippen LogP contribution in [0.1, 0.15) is 41.8 Å². The number of nitrogens with zero attached hydrogens (tertiary/aromatic N) is 4. The zero-order chi connectivity index (χ0) is 15.5. The van der Waals surface area contributed by atoms with Crippen molar-refractivity contribution in [2.75, 3.05) is 6.54 Å². The molecule has 22 heavy (non-hydrogen) atoms. The summed E-state index contributed by atoms with van der Waals surface area (Å²) in [5.74, 6) is 0. The van der Waals surface area contributed by atoms with E-state index in [0.29, 0.717) is 6.04 Å². The molecule has 2 aromatic heterocycles. The van der Waals surface area contributed by atoms with E-state index in [4.69, 9.17) is 0 Å². The van der Waals surface area contributed by atoms with Gasteiger partial charge in [-0.3, -0.25) is 14.6 Å². The van der Waals surface area contributed by atoms with Gasteiger partial charge in [0.15, 0.2) is 0 Å². The summed E-state index contributed by atoms with van der Waals surface area (Å²) in [5, 5.41) is 4.55. The van der Waals surface area contributed by atoms with E-state index in [9.17, 15) is 0 Å². The van der Waals surface area contributed by atoms with Gasteiger partial charge in [0.2, 0.25) is 0 Å². The summed E-state index contributed by atoms with van der Waals surface area (Å²) in [6.07, 6.45) is 8.81. The molecular weight excluding hydrogens is 272 g/mol. The van der Waals surface area contributed by atoms with E-state index in [1.54, 1.807) is 0 Å². The molecule has 1 fully saturated rings. The van der Waals surface area contributed by atoms with Gasteiger partial charge in [0, 0.05) is 43.3 Å². The number of aromatic nitrogens is 3. The second-order valence-electron chi connectivity index (χ2n) is 6.43. The molecule has 0 unspecified atom stereocenters. The van der Waals surface area contributed by atoms with Crippen LogP contribution in [0.4, 0.5) is 0 Å². The van der Waals surface area contributed by atoms with Gasteiger partial charge in [-0.05, 0) is 63.8 Å². The highest BCUT2D eigenvalue weighted by Gasteiger charge is 2.25. The third kappa shape index (κ3) is 3.22. The fraction of sp³-hybridized carbons (Fsp3) is 0.556. The molecule has 3 rings (SSSR count). The number of hydrogen-bond acceptors (Lipinski definition) is 3. The Balaban J connectivity index is 1.63. The molecule has 0 N–H and O–H groups in total.